The van der Waals surface area contributed by atoms with E-state index in [0.717, 1.165) is 42.8 Å². The van der Waals surface area contributed by atoms with Gasteiger partial charge >= 0.3 is 5.97 Å². The molecule has 0 atom stereocenters. The van der Waals surface area contributed by atoms with Crippen molar-refractivity contribution in [3.63, 3.8) is 0 Å². The number of benzene rings is 1. The molecule has 102 valence electrons. The van der Waals surface area contributed by atoms with Gasteiger partial charge in [0, 0.05) is 13.0 Å². The number of nitrogens with one attached hydrogen (secondary N) is 2. The minimum atomic E-state index is -0.722. The number of carboxylic acids is 1. The number of imidazole rings is 1. The Hall–Kier alpha value is -1.88. The summed E-state index contributed by atoms with van der Waals surface area (Å²) < 4.78 is 0. The zero-order valence-corrected chi connectivity index (χ0v) is 11.1. The fourth-order valence-electron chi connectivity index (χ4n) is 2.05. The van der Waals surface area contributed by atoms with Gasteiger partial charge in [0.1, 0.15) is 5.82 Å². The number of aryl methyl sites for hydroxylation is 1. The number of hydrogen-bond acceptors (Lipinski definition) is 3. The Labute approximate surface area is 112 Å². The third-order valence-electron chi connectivity index (χ3n) is 2.99. The number of H-pyrrole nitrogens is 1. The molecule has 0 aliphatic carbocycles. The van der Waals surface area contributed by atoms with Gasteiger partial charge in [-0.05, 0) is 44.0 Å². The Kier molecular flexibility index (Phi) is 4.52. The monoisotopic (exact) mass is 261 g/mol. The number of carboxylic acid groups (broad SMARTS) is 1. The molecule has 3 N–H and O–H groups in total. The van der Waals surface area contributed by atoms with Gasteiger partial charge in [-0.3, -0.25) is 4.79 Å². The average Bonchev–Trinajstić information content (AvgIpc) is 2.72. The van der Waals surface area contributed by atoms with Crippen molar-refractivity contribution in [3.8, 4) is 0 Å². The Bertz CT molecular complexity index is 563. The second kappa shape index (κ2) is 6.33. The second-order valence-corrected chi connectivity index (χ2v) is 4.70. The molecule has 5 nitrogen and oxygen atoms in total. The van der Waals surface area contributed by atoms with Crippen LogP contribution in [0.15, 0.2) is 18.2 Å². The van der Waals surface area contributed by atoms with Gasteiger partial charge in [0.2, 0.25) is 0 Å². The first-order chi connectivity index (χ1) is 9.15. The number of aromatic amines is 1. The second-order valence-electron chi connectivity index (χ2n) is 4.70. The number of carbonyl (C=O) groups is 1. The van der Waals surface area contributed by atoms with Crippen LogP contribution in [-0.2, 0) is 11.3 Å². The topological polar surface area (TPSA) is 78.0 Å². The SMILES string of the molecule is Cc1nc2ccc(CNCCCCC(=O)O)cc2[nH]1. The van der Waals surface area contributed by atoms with Crippen LogP contribution < -0.4 is 5.32 Å². The van der Waals surface area contributed by atoms with Gasteiger partial charge in [-0.25, -0.2) is 4.98 Å². The number of aromatic nitrogens is 2. The lowest BCUT2D eigenvalue weighted by Crippen LogP contribution is -2.14. The Morgan fingerprint density at radius 3 is 3.05 bits per heavy atom. The lowest BCUT2D eigenvalue weighted by Gasteiger charge is -2.04. The number of rotatable bonds is 7. The molecular weight excluding hydrogens is 242 g/mol. The maximum absolute atomic E-state index is 10.4. The molecule has 5 heteroatoms. The minimum absolute atomic E-state index is 0.251. The highest BCUT2D eigenvalue weighted by atomic mass is 16.4. The zero-order valence-electron chi connectivity index (χ0n) is 11.1. The van der Waals surface area contributed by atoms with E-state index in [4.69, 9.17) is 5.11 Å². The number of nitrogens with zero attached hydrogens (tertiary/aromatic N) is 1. The first-order valence-corrected chi connectivity index (χ1v) is 6.53. The number of fused-ring (bicyclic) bond motifs is 1. The van der Waals surface area contributed by atoms with Gasteiger partial charge in [-0.1, -0.05) is 6.07 Å². The highest BCUT2D eigenvalue weighted by Crippen LogP contribution is 2.13. The van der Waals surface area contributed by atoms with Gasteiger partial charge in [0.15, 0.2) is 0 Å². The molecule has 2 rings (SSSR count). The Morgan fingerprint density at radius 2 is 2.26 bits per heavy atom. The summed E-state index contributed by atoms with van der Waals surface area (Å²) >= 11 is 0. The minimum Gasteiger partial charge on any atom is -0.481 e. The van der Waals surface area contributed by atoms with Gasteiger partial charge in [0.05, 0.1) is 11.0 Å². The average molecular weight is 261 g/mol. The van der Waals surface area contributed by atoms with E-state index in [1.54, 1.807) is 0 Å². The summed E-state index contributed by atoms with van der Waals surface area (Å²) in [6.45, 7) is 3.58. The van der Waals surface area contributed by atoms with Crippen molar-refractivity contribution in [1.29, 1.82) is 0 Å². The molecule has 0 bridgehead atoms. The Balaban J connectivity index is 1.76. The first-order valence-electron chi connectivity index (χ1n) is 6.53. The molecule has 2 aromatic rings. The van der Waals surface area contributed by atoms with E-state index in [0.29, 0.717) is 0 Å². The first kappa shape index (κ1) is 13.5. The van der Waals surface area contributed by atoms with Crippen LogP contribution in [0.5, 0.6) is 0 Å². The van der Waals surface area contributed by atoms with Crippen molar-refractivity contribution in [3.05, 3.63) is 29.6 Å². The van der Waals surface area contributed by atoms with E-state index < -0.39 is 5.97 Å². The molecule has 0 saturated carbocycles. The fraction of sp³-hybridized carbons (Fsp3) is 0.429. The summed E-state index contributed by atoms with van der Waals surface area (Å²) in [6.07, 6.45) is 1.86. The van der Waals surface area contributed by atoms with E-state index in [9.17, 15) is 4.79 Å². The molecule has 19 heavy (non-hydrogen) atoms. The summed E-state index contributed by atoms with van der Waals surface area (Å²) in [5.74, 6) is 0.203. The molecule has 0 fully saturated rings. The van der Waals surface area contributed by atoms with E-state index in [1.807, 2.05) is 13.0 Å². The summed E-state index contributed by atoms with van der Waals surface area (Å²) in [5, 5.41) is 11.8. The molecule has 1 aromatic heterocycles. The van der Waals surface area contributed by atoms with Gasteiger partial charge in [-0.15, -0.1) is 0 Å². The zero-order chi connectivity index (χ0) is 13.7. The normalized spacial score (nSPS) is 11.0. The standard InChI is InChI=1S/C14H19N3O2/c1-10-16-12-6-5-11(8-13(12)17-10)9-15-7-3-2-4-14(18)19/h5-6,8,15H,2-4,7,9H2,1H3,(H,16,17)(H,18,19). The van der Waals surface area contributed by atoms with Crippen LogP contribution in [0.3, 0.4) is 0 Å². The maximum Gasteiger partial charge on any atom is 0.303 e. The van der Waals surface area contributed by atoms with Gasteiger partial charge < -0.3 is 15.4 Å². The quantitative estimate of drug-likeness (QED) is 0.668. The highest BCUT2D eigenvalue weighted by Gasteiger charge is 2.01. The van der Waals surface area contributed by atoms with Crippen molar-refractivity contribution in [2.45, 2.75) is 32.7 Å². The maximum atomic E-state index is 10.4. The van der Waals surface area contributed by atoms with Crippen LogP contribution in [0.1, 0.15) is 30.7 Å². The van der Waals surface area contributed by atoms with Crippen molar-refractivity contribution in [2.24, 2.45) is 0 Å². The predicted molar refractivity (Wildman–Crippen MR) is 74.0 cm³/mol. The molecular formula is C14H19N3O2. The third-order valence-corrected chi connectivity index (χ3v) is 2.99. The van der Waals surface area contributed by atoms with Crippen LogP contribution in [0.25, 0.3) is 11.0 Å². The highest BCUT2D eigenvalue weighted by molar-refractivity contribution is 5.75. The molecule has 1 heterocycles. The molecule has 1 aromatic carbocycles. The van der Waals surface area contributed by atoms with Crippen LogP contribution in [0, 0.1) is 6.92 Å². The Morgan fingerprint density at radius 1 is 1.42 bits per heavy atom. The van der Waals surface area contributed by atoms with Crippen molar-refractivity contribution < 1.29 is 9.90 Å². The van der Waals surface area contributed by atoms with Crippen molar-refractivity contribution in [1.82, 2.24) is 15.3 Å². The fourth-order valence-corrected chi connectivity index (χ4v) is 2.05. The van der Waals surface area contributed by atoms with E-state index >= 15 is 0 Å². The lowest BCUT2D eigenvalue weighted by molar-refractivity contribution is -0.137. The van der Waals surface area contributed by atoms with Crippen molar-refractivity contribution in [2.75, 3.05) is 6.54 Å². The number of aliphatic carboxylic acids is 1. The van der Waals surface area contributed by atoms with Crippen molar-refractivity contribution >= 4 is 17.0 Å². The van der Waals surface area contributed by atoms with Crippen LogP contribution in [-0.4, -0.2) is 27.6 Å². The molecule has 0 spiro atoms. The lowest BCUT2D eigenvalue weighted by atomic mass is 10.2. The largest absolute Gasteiger partial charge is 0.481 e. The predicted octanol–water partition coefficient (Wildman–Crippen LogP) is 2.22. The molecule has 0 saturated heterocycles. The molecule has 0 aliphatic rings. The third kappa shape index (κ3) is 4.06. The smallest absolute Gasteiger partial charge is 0.303 e. The number of unbranched alkanes of at least 4 members (excludes halogenated alkanes) is 1. The molecule has 0 radical (unpaired) electrons. The van der Waals surface area contributed by atoms with E-state index in [1.165, 1.54) is 5.56 Å². The van der Waals surface area contributed by atoms with Gasteiger partial charge in [-0.2, -0.15) is 0 Å². The summed E-state index contributed by atoms with van der Waals surface area (Å²) in [6, 6.07) is 6.17. The van der Waals surface area contributed by atoms with Crippen LogP contribution in [0.2, 0.25) is 0 Å². The summed E-state index contributed by atoms with van der Waals surface area (Å²) in [5.41, 5.74) is 3.25. The number of hydrogen-bond donors (Lipinski definition) is 3. The van der Waals surface area contributed by atoms with E-state index in [-0.39, 0.29) is 6.42 Å². The van der Waals surface area contributed by atoms with Gasteiger partial charge in [0.25, 0.3) is 0 Å². The van der Waals surface area contributed by atoms with Crippen LogP contribution in [0.4, 0.5) is 0 Å². The molecule has 0 aliphatic heterocycles. The van der Waals surface area contributed by atoms with E-state index in [2.05, 4.69) is 27.4 Å². The molecule has 0 unspecified atom stereocenters. The summed E-state index contributed by atoms with van der Waals surface area (Å²) in [7, 11) is 0. The van der Waals surface area contributed by atoms with Crippen LogP contribution >= 0.6 is 0 Å². The summed E-state index contributed by atoms with van der Waals surface area (Å²) in [4.78, 5) is 17.9. The molecule has 0 amide bonds.